The minimum atomic E-state index is -0.0803. The smallest absolute Gasteiger partial charge is 0.263 e. The molecule has 126 valence electrons. The summed E-state index contributed by atoms with van der Waals surface area (Å²) in [4.78, 5) is 20.5. The van der Waals surface area contributed by atoms with Crippen LogP contribution in [0.25, 0.3) is 20.7 Å². The number of fused-ring (bicyclic) bond motifs is 1. The van der Waals surface area contributed by atoms with Crippen LogP contribution in [0.1, 0.15) is 10.4 Å². The maximum Gasteiger partial charge on any atom is 0.263 e. The Hall–Kier alpha value is -1.66. The minimum Gasteiger partial charge on any atom is -0.294 e. The van der Waals surface area contributed by atoms with Gasteiger partial charge in [0.1, 0.15) is 4.83 Å². The molecule has 0 spiro atoms. The molecule has 0 aliphatic rings. The predicted octanol–water partition coefficient (Wildman–Crippen LogP) is 5.85. The van der Waals surface area contributed by atoms with Gasteiger partial charge in [-0.05, 0) is 31.2 Å². The van der Waals surface area contributed by atoms with Gasteiger partial charge in [0, 0.05) is 36.3 Å². The zero-order valence-corrected chi connectivity index (χ0v) is 16.3. The number of thiophene rings is 2. The summed E-state index contributed by atoms with van der Waals surface area (Å²) < 4.78 is 1.56. The summed E-state index contributed by atoms with van der Waals surface area (Å²) in [5.74, 6) is 0. The summed E-state index contributed by atoms with van der Waals surface area (Å²) in [6.45, 7) is 2.34. The Morgan fingerprint density at radius 3 is 2.60 bits per heavy atom. The summed E-state index contributed by atoms with van der Waals surface area (Å²) >= 11 is 15.6. The quantitative estimate of drug-likeness (QED) is 0.427. The fraction of sp³-hybridized carbons (Fsp3) is 0.111. The van der Waals surface area contributed by atoms with Gasteiger partial charge in [0.25, 0.3) is 5.56 Å². The molecule has 4 rings (SSSR count). The highest BCUT2D eigenvalue weighted by Gasteiger charge is 2.15. The van der Waals surface area contributed by atoms with Crippen molar-refractivity contribution >= 4 is 56.1 Å². The monoisotopic (exact) mass is 406 g/mol. The van der Waals surface area contributed by atoms with E-state index in [9.17, 15) is 4.79 Å². The van der Waals surface area contributed by atoms with Gasteiger partial charge in [0.05, 0.1) is 18.3 Å². The second-order valence-electron chi connectivity index (χ2n) is 5.62. The van der Waals surface area contributed by atoms with Crippen LogP contribution < -0.4 is 5.56 Å². The lowest BCUT2D eigenvalue weighted by Crippen LogP contribution is -2.21. The van der Waals surface area contributed by atoms with Crippen molar-refractivity contribution in [2.45, 2.75) is 13.5 Å². The van der Waals surface area contributed by atoms with Crippen molar-refractivity contribution in [1.82, 2.24) is 9.55 Å². The van der Waals surface area contributed by atoms with Gasteiger partial charge in [-0.1, -0.05) is 29.3 Å². The largest absolute Gasteiger partial charge is 0.294 e. The molecular weight excluding hydrogens is 395 g/mol. The van der Waals surface area contributed by atoms with Gasteiger partial charge in [0.2, 0.25) is 0 Å². The fourth-order valence-corrected chi connectivity index (χ4v) is 5.07. The SMILES string of the molecule is Cc1ccc(-c2csc3ncn(Cc4c(Cl)cccc4Cl)c(=O)c23)s1. The van der Waals surface area contributed by atoms with Crippen molar-refractivity contribution < 1.29 is 0 Å². The van der Waals surface area contributed by atoms with Crippen LogP contribution in [0.3, 0.4) is 0 Å². The molecule has 0 saturated heterocycles. The molecule has 0 atom stereocenters. The number of rotatable bonds is 3. The molecule has 3 aromatic heterocycles. The summed E-state index contributed by atoms with van der Waals surface area (Å²) in [5, 5.41) is 3.73. The molecule has 3 heterocycles. The molecule has 25 heavy (non-hydrogen) atoms. The number of halogens is 2. The van der Waals surface area contributed by atoms with E-state index in [0.717, 1.165) is 20.8 Å². The van der Waals surface area contributed by atoms with Crippen LogP contribution >= 0.6 is 45.9 Å². The van der Waals surface area contributed by atoms with Crippen molar-refractivity contribution in [1.29, 1.82) is 0 Å². The standard InChI is InChI=1S/C18H12Cl2N2OS2/c1-10-5-6-15(25-10)12-8-24-17-16(12)18(23)22(9-21-17)7-11-13(19)3-2-4-14(11)20/h2-6,8-9H,7H2,1H3. The molecule has 0 aliphatic carbocycles. The van der Waals surface area contributed by atoms with Crippen LogP contribution in [-0.4, -0.2) is 9.55 Å². The third-order valence-corrected chi connectivity index (χ3v) is 6.59. The Morgan fingerprint density at radius 1 is 1.16 bits per heavy atom. The molecule has 0 saturated carbocycles. The summed E-state index contributed by atoms with van der Waals surface area (Å²) in [6, 6.07) is 9.42. The Kier molecular flexibility index (Phi) is 4.41. The molecule has 0 bridgehead atoms. The number of benzene rings is 1. The van der Waals surface area contributed by atoms with Crippen molar-refractivity contribution in [2.24, 2.45) is 0 Å². The van der Waals surface area contributed by atoms with Gasteiger partial charge >= 0.3 is 0 Å². The van der Waals surface area contributed by atoms with Crippen molar-refractivity contribution in [3.63, 3.8) is 0 Å². The first-order valence-corrected chi connectivity index (χ1v) is 9.96. The lowest BCUT2D eigenvalue weighted by atomic mass is 10.2. The average molecular weight is 407 g/mol. The third kappa shape index (κ3) is 3.02. The molecule has 0 fully saturated rings. The van der Waals surface area contributed by atoms with Gasteiger partial charge in [-0.25, -0.2) is 4.98 Å². The second-order valence-corrected chi connectivity index (χ2v) is 8.58. The van der Waals surface area contributed by atoms with E-state index in [1.807, 2.05) is 11.4 Å². The molecule has 0 amide bonds. The average Bonchev–Trinajstić information content (AvgIpc) is 3.19. The predicted molar refractivity (Wildman–Crippen MR) is 107 cm³/mol. The molecule has 0 aliphatic heterocycles. The van der Waals surface area contributed by atoms with Gasteiger partial charge < -0.3 is 0 Å². The zero-order valence-electron chi connectivity index (χ0n) is 13.1. The highest BCUT2D eigenvalue weighted by atomic mass is 35.5. The number of hydrogen-bond donors (Lipinski definition) is 0. The van der Waals surface area contributed by atoms with Crippen LogP contribution in [0.4, 0.5) is 0 Å². The van der Waals surface area contributed by atoms with E-state index in [1.165, 1.54) is 16.2 Å². The molecule has 0 unspecified atom stereocenters. The number of hydrogen-bond acceptors (Lipinski definition) is 4. The van der Waals surface area contributed by atoms with Crippen molar-refractivity contribution in [3.05, 3.63) is 72.9 Å². The highest BCUT2D eigenvalue weighted by Crippen LogP contribution is 2.35. The number of aryl methyl sites for hydroxylation is 1. The van der Waals surface area contributed by atoms with Crippen LogP contribution in [0.15, 0.2) is 46.8 Å². The first-order valence-electron chi connectivity index (χ1n) is 7.51. The molecule has 7 heteroatoms. The minimum absolute atomic E-state index is 0.0803. The molecule has 4 aromatic rings. The van der Waals surface area contributed by atoms with E-state index in [-0.39, 0.29) is 5.56 Å². The van der Waals surface area contributed by atoms with Crippen molar-refractivity contribution in [2.75, 3.05) is 0 Å². The molecule has 3 nitrogen and oxygen atoms in total. The Labute approximate surface area is 162 Å². The molecular formula is C18H12Cl2N2OS2. The van der Waals surface area contributed by atoms with Crippen LogP contribution in [0.2, 0.25) is 10.0 Å². The third-order valence-electron chi connectivity index (χ3n) is 3.96. The molecule has 0 N–H and O–H groups in total. The van der Waals surface area contributed by atoms with Crippen LogP contribution in [0, 0.1) is 6.92 Å². The first kappa shape index (κ1) is 16.8. The van der Waals surface area contributed by atoms with Crippen LogP contribution in [0.5, 0.6) is 0 Å². The van der Waals surface area contributed by atoms with Crippen molar-refractivity contribution in [3.8, 4) is 10.4 Å². The topological polar surface area (TPSA) is 34.9 Å². The Bertz CT molecular complexity index is 1120. The summed E-state index contributed by atoms with van der Waals surface area (Å²) in [7, 11) is 0. The first-order chi connectivity index (χ1) is 12.0. The van der Waals surface area contributed by atoms with Gasteiger partial charge in [0.15, 0.2) is 0 Å². The number of aromatic nitrogens is 2. The van der Waals surface area contributed by atoms with E-state index in [0.29, 0.717) is 22.0 Å². The number of nitrogens with zero attached hydrogens (tertiary/aromatic N) is 2. The van der Waals surface area contributed by atoms with Gasteiger partial charge in [-0.15, -0.1) is 22.7 Å². The Balaban J connectivity index is 1.87. The molecule has 0 radical (unpaired) electrons. The maximum atomic E-state index is 13.1. The van der Waals surface area contributed by atoms with E-state index < -0.39 is 0 Å². The van der Waals surface area contributed by atoms with E-state index in [4.69, 9.17) is 23.2 Å². The highest BCUT2D eigenvalue weighted by molar-refractivity contribution is 7.19. The normalized spacial score (nSPS) is 11.3. The Morgan fingerprint density at radius 2 is 1.92 bits per heavy atom. The van der Waals surface area contributed by atoms with Crippen LogP contribution in [-0.2, 0) is 6.54 Å². The zero-order chi connectivity index (χ0) is 17.6. The van der Waals surface area contributed by atoms with Gasteiger partial charge in [-0.3, -0.25) is 9.36 Å². The lowest BCUT2D eigenvalue weighted by molar-refractivity contribution is 0.750. The van der Waals surface area contributed by atoms with E-state index in [2.05, 4.69) is 18.0 Å². The van der Waals surface area contributed by atoms with E-state index in [1.54, 1.807) is 40.4 Å². The van der Waals surface area contributed by atoms with Gasteiger partial charge in [-0.2, -0.15) is 0 Å². The maximum absolute atomic E-state index is 13.1. The summed E-state index contributed by atoms with van der Waals surface area (Å²) in [5.41, 5.74) is 1.58. The second kappa shape index (κ2) is 6.57. The fourth-order valence-electron chi connectivity index (χ4n) is 2.69. The summed E-state index contributed by atoms with van der Waals surface area (Å²) in [6.07, 6.45) is 1.56. The molecule has 1 aromatic carbocycles. The van der Waals surface area contributed by atoms with E-state index >= 15 is 0 Å². The lowest BCUT2D eigenvalue weighted by Gasteiger charge is -2.09.